The quantitative estimate of drug-likeness (QED) is 0.206. The Balaban J connectivity index is 1.29. The summed E-state index contributed by atoms with van der Waals surface area (Å²) in [6, 6.07) is 17.0. The van der Waals surface area contributed by atoms with Gasteiger partial charge in [0.25, 0.3) is 5.56 Å². The Bertz CT molecular complexity index is 1630. The Morgan fingerprint density at radius 2 is 1.85 bits per heavy atom. The minimum absolute atomic E-state index is 0.170. The molecule has 0 unspecified atom stereocenters. The van der Waals surface area contributed by atoms with Gasteiger partial charge in [-0.1, -0.05) is 41.3 Å². The first-order valence-electron chi connectivity index (χ1n) is 13.6. The average Bonchev–Trinajstić information content (AvgIpc) is 3.45. The predicted molar refractivity (Wildman–Crippen MR) is 157 cm³/mol. The lowest BCUT2D eigenvalue weighted by molar-refractivity contribution is 0.174. The lowest BCUT2D eigenvalue weighted by Crippen LogP contribution is -2.25. The van der Waals surface area contributed by atoms with Gasteiger partial charge >= 0.3 is 0 Å². The van der Waals surface area contributed by atoms with E-state index in [9.17, 15) is 4.79 Å². The smallest absolute Gasteiger partial charge is 0.282 e. The minimum Gasteiger partial charge on any atom is -0.490 e. The number of fused-ring (bicyclic) bond motifs is 2. The Hall–Kier alpha value is -3.85. The van der Waals surface area contributed by atoms with Crippen molar-refractivity contribution in [2.24, 2.45) is 5.10 Å². The third-order valence-electron chi connectivity index (χ3n) is 7.22. The van der Waals surface area contributed by atoms with Crippen molar-refractivity contribution in [3.05, 3.63) is 86.4 Å². The van der Waals surface area contributed by atoms with Crippen molar-refractivity contribution in [2.75, 3.05) is 13.4 Å². The first kappa shape index (κ1) is 26.4. The molecule has 1 aliphatic carbocycles. The summed E-state index contributed by atoms with van der Waals surface area (Å²) in [6.07, 6.45) is 7.18. The third-order valence-corrected chi connectivity index (χ3v) is 7.72. The fraction of sp³-hybridized carbons (Fsp3) is 0.323. The van der Waals surface area contributed by atoms with Crippen molar-refractivity contribution in [2.45, 2.75) is 51.6 Å². The fourth-order valence-electron chi connectivity index (χ4n) is 5.21. The van der Waals surface area contributed by atoms with Crippen LogP contribution in [0, 0.1) is 0 Å². The summed E-state index contributed by atoms with van der Waals surface area (Å²) in [5.41, 5.74) is 2.27. The van der Waals surface area contributed by atoms with Gasteiger partial charge in [0.2, 0.25) is 6.79 Å². The summed E-state index contributed by atoms with van der Waals surface area (Å²) < 4.78 is 25.2. The van der Waals surface area contributed by atoms with Gasteiger partial charge in [-0.05, 0) is 79.4 Å². The molecular weight excluding hydrogens is 574 g/mol. The average molecular weight is 605 g/mol. The Morgan fingerprint density at radius 3 is 2.70 bits per heavy atom. The van der Waals surface area contributed by atoms with Crippen molar-refractivity contribution < 1.29 is 18.9 Å². The van der Waals surface area contributed by atoms with E-state index in [-0.39, 0.29) is 18.3 Å². The summed E-state index contributed by atoms with van der Waals surface area (Å²) in [5.74, 6) is 3.61. The molecule has 0 spiro atoms. The van der Waals surface area contributed by atoms with Crippen molar-refractivity contribution in [1.29, 1.82) is 0 Å². The lowest BCUT2D eigenvalue weighted by atomic mass is 9.88. The number of hydrogen-bond donors (Lipinski definition) is 0. The summed E-state index contributed by atoms with van der Waals surface area (Å²) in [7, 11) is 0. The zero-order chi connectivity index (χ0) is 27.5. The van der Waals surface area contributed by atoms with Crippen molar-refractivity contribution in [1.82, 2.24) is 9.66 Å². The van der Waals surface area contributed by atoms with Crippen LogP contribution in [0.15, 0.2) is 69.0 Å². The molecule has 1 fully saturated rings. The molecule has 1 saturated carbocycles. The van der Waals surface area contributed by atoms with E-state index in [1.54, 1.807) is 12.3 Å². The summed E-state index contributed by atoms with van der Waals surface area (Å²) in [4.78, 5) is 18.5. The standard InChI is InChI=1S/C31H30BrN3O5/c1-2-37-28-14-20(8-12-26(28)38-18-21-9-13-27-29(15-21)40-19-39-27)17-33-35-30(22-6-4-3-5-7-22)34-25-11-10-23(32)16-24(25)31(35)36/h8-17,22H,2-7,18-19H2,1H3. The zero-order valence-corrected chi connectivity index (χ0v) is 23.9. The minimum atomic E-state index is -0.170. The Kier molecular flexibility index (Phi) is 7.73. The van der Waals surface area contributed by atoms with Gasteiger partial charge in [0.15, 0.2) is 23.0 Å². The van der Waals surface area contributed by atoms with Crippen LogP contribution in [-0.4, -0.2) is 29.3 Å². The van der Waals surface area contributed by atoms with E-state index in [0.29, 0.717) is 35.6 Å². The number of nitrogens with zero attached hydrogens (tertiary/aromatic N) is 3. The molecule has 0 saturated heterocycles. The normalized spacial score (nSPS) is 15.2. The Morgan fingerprint density at radius 1 is 1.00 bits per heavy atom. The second-order valence-corrected chi connectivity index (χ2v) is 10.9. The largest absolute Gasteiger partial charge is 0.490 e. The second-order valence-electron chi connectivity index (χ2n) is 9.94. The van der Waals surface area contributed by atoms with E-state index in [0.717, 1.165) is 58.6 Å². The summed E-state index contributed by atoms with van der Waals surface area (Å²) >= 11 is 3.48. The molecular formula is C31H30BrN3O5. The van der Waals surface area contributed by atoms with E-state index < -0.39 is 0 Å². The molecule has 40 heavy (non-hydrogen) atoms. The number of aromatic nitrogens is 2. The number of hydrogen-bond acceptors (Lipinski definition) is 7. The molecule has 3 aromatic carbocycles. The number of ether oxygens (including phenoxy) is 4. The molecule has 0 bridgehead atoms. The first-order chi connectivity index (χ1) is 19.6. The van der Waals surface area contributed by atoms with E-state index in [2.05, 4.69) is 21.0 Å². The molecule has 8 nitrogen and oxygen atoms in total. The molecule has 1 aliphatic heterocycles. The van der Waals surface area contributed by atoms with Gasteiger partial charge in [0.1, 0.15) is 12.4 Å². The molecule has 0 radical (unpaired) electrons. The van der Waals surface area contributed by atoms with Crippen LogP contribution in [0.3, 0.4) is 0 Å². The summed E-state index contributed by atoms with van der Waals surface area (Å²) in [6.45, 7) is 2.99. The van der Waals surface area contributed by atoms with E-state index >= 15 is 0 Å². The number of halogens is 1. The van der Waals surface area contributed by atoms with Crippen LogP contribution >= 0.6 is 15.9 Å². The van der Waals surface area contributed by atoms with Gasteiger partial charge in [-0.3, -0.25) is 4.79 Å². The molecule has 206 valence electrons. The molecule has 2 aliphatic rings. The highest BCUT2D eigenvalue weighted by atomic mass is 79.9. The molecule has 0 N–H and O–H groups in total. The van der Waals surface area contributed by atoms with Gasteiger partial charge in [-0.25, -0.2) is 4.98 Å². The van der Waals surface area contributed by atoms with Gasteiger partial charge < -0.3 is 18.9 Å². The van der Waals surface area contributed by atoms with Crippen LogP contribution < -0.4 is 24.5 Å². The highest BCUT2D eigenvalue weighted by molar-refractivity contribution is 9.10. The SMILES string of the molecule is CCOc1cc(C=Nn2c(C3CCCCC3)nc3ccc(Br)cc3c2=O)ccc1OCc1ccc2c(c1)OCO2. The fourth-order valence-corrected chi connectivity index (χ4v) is 5.57. The monoisotopic (exact) mass is 603 g/mol. The molecule has 4 aromatic rings. The number of benzene rings is 3. The van der Waals surface area contributed by atoms with Gasteiger partial charge in [-0.2, -0.15) is 9.78 Å². The van der Waals surface area contributed by atoms with Crippen LogP contribution in [0.4, 0.5) is 0 Å². The van der Waals surface area contributed by atoms with E-state index in [4.69, 9.17) is 23.9 Å². The van der Waals surface area contributed by atoms with Crippen LogP contribution in [-0.2, 0) is 6.61 Å². The van der Waals surface area contributed by atoms with Crippen LogP contribution in [0.2, 0.25) is 0 Å². The molecule has 2 heterocycles. The lowest BCUT2D eigenvalue weighted by Gasteiger charge is -2.22. The third kappa shape index (κ3) is 5.56. The topological polar surface area (TPSA) is 84.2 Å². The maximum absolute atomic E-state index is 13.6. The van der Waals surface area contributed by atoms with E-state index in [1.165, 1.54) is 11.1 Å². The van der Waals surface area contributed by atoms with Gasteiger partial charge in [-0.15, -0.1) is 0 Å². The molecule has 1 aromatic heterocycles. The van der Waals surface area contributed by atoms with E-state index in [1.807, 2.05) is 55.5 Å². The van der Waals surface area contributed by atoms with Crippen molar-refractivity contribution >= 4 is 33.0 Å². The van der Waals surface area contributed by atoms with Crippen LogP contribution in [0.5, 0.6) is 23.0 Å². The highest BCUT2D eigenvalue weighted by Gasteiger charge is 2.22. The van der Waals surface area contributed by atoms with Crippen molar-refractivity contribution in [3.8, 4) is 23.0 Å². The highest BCUT2D eigenvalue weighted by Crippen LogP contribution is 2.34. The molecule has 0 atom stereocenters. The first-order valence-corrected chi connectivity index (χ1v) is 14.4. The molecule has 6 rings (SSSR count). The van der Waals surface area contributed by atoms with Crippen LogP contribution in [0.25, 0.3) is 10.9 Å². The zero-order valence-electron chi connectivity index (χ0n) is 22.3. The predicted octanol–water partition coefficient (Wildman–Crippen LogP) is 6.80. The molecule has 0 amide bonds. The van der Waals surface area contributed by atoms with Gasteiger partial charge in [0.05, 0.1) is 23.7 Å². The van der Waals surface area contributed by atoms with Crippen LogP contribution in [0.1, 0.15) is 61.9 Å². The maximum atomic E-state index is 13.6. The number of rotatable bonds is 8. The molecule has 9 heteroatoms. The second kappa shape index (κ2) is 11.7. The van der Waals surface area contributed by atoms with Gasteiger partial charge in [0, 0.05) is 10.4 Å². The Labute approximate surface area is 240 Å². The van der Waals surface area contributed by atoms with Crippen molar-refractivity contribution in [3.63, 3.8) is 0 Å². The summed E-state index contributed by atoms with van der Waals surface area (Å²) in [5, 5.41) is 5.20. The maximum Gasteiger partial charge on any atom is 0.282 e.